The lowest BCUT2D eigenvalue weighted by atomic mass is 10.3. The summed E-state index contributed by atoms with van der Waals surface area (Å²) in [4.78, 5) is 27.1. The molecule has 0 fully saturated rings. The minimum absolute atomic E-state index is 0.0478. The fourth-order valence-electron chi connectivity index (χ4n) is 1.63. The van der Waals surface area contributed by atoms with E-state index >= 15 is 0 Å². The van der Waals surface area contributed by atoms with E-state index in [1.807, 2.05) is 4.83 Å². The van der Waals surface area contributed by atoms with Gasteiger partial charge in [0.05, 0.1) is 4.90 Å². The van der Waals surface area contributed by atoms with Gasteiger partial charge in [-0.15, -0.1) is 4.83 Å². The fraction of sp³-hybridized carbons (Fsp3) is 0.0769. The fourth-order valence-corrected chi connectivity index (χ4v) is 2.47. The van der Waals surface area contributed by atoms with E-state index in [4.69, 9.17) is 0 Å². The van der Waals surface area contributed by atoms with Crippen molar-refractivity contribution in [2.45, 2.75) is 11.8 Å². The first kappa shape index (κ1) is 15.7. The number of rotatable bonds is 5. The van der Waals surface area contributed by atoms with Gasteiger partial charge in [0.25, 0.3) is 15.9 Å². The van der Waals surface area contributed by atoms with E-state index < -0.39 is 15.9 Å². The van der Waals surface area contributed by atoms with E-state index in [1.165, 1.54) is 37.3 Å². The number of hydrazine groups is 1. The van der Waals surface area contributed by atoms with E-state index in [9.17, 15) is 18.0 Å². The molecule has 0 unspecified atom stereocenters. The van der Waals surface area contributed by atoms with Crippen molar-refractivity contribution in [1.29, 1.82) is 0 Å². The van der Waals surface area contributed by atoms with Crippen LogP contribution in [0.3, 0.4) is 0 Å². The number of benzene rings is 1. The number of aromatic nitrogens is 1. The van der Waals surface area contributed by atoms with Crippen LogP contribution < -0.4 is 15.6 Å². The molecule has 116 valence electrons. The van der Waals surface area contributed by atoms with Crippen LogP contribution in [0.25, 0.3) is 0 Å². The van der Waals surface area contributed by atoms with Crippen molar-refractivity contribution in [2.24, 2.45) is 0 Å². The van der Waals surface area contributed by atoms with Crippen LogP contribution in [0.2, 0.25) is 0 Å². The number of aromatic amines is 1. The largest absolute Gasteiger partial charge is 0.357 e. The van der Waals surface area contributed by atoms with Crippen LogP contribution in [0.5, 0.6) is 0 Å². The first-order valence-corrected chi connectivity index (χ1v) is 7.70. The summed E-state index contributed by atoms with van der Waals surface area (Å²) in [5.41, 5.74) is 2.79. The average molecular weight is 322 g/mol. The Bertz CT molecular complexity index is 767. The highest BCUT2D eigenvalue weighted by Gasteiger charge is 2.16. The number of carbonyl (C=O) groups excluding carboxylic acids is 2. The Kier molecular flexibility index (Phi) is 4.59. The Morgan fingerprint density at radius 2 is 1.77 bits per heavy atom. The molecule has 1 heterocycles. The third kappa shape index (κ3) is 3.93. The molecular weight excluding hydrogens is 308 g/mol. The number of hydrogen-bond donors (Lipinski definition) is 4. The van der Waals surface area contributed by atoms with Gasteiger partial charge in [-0.3, -0.25) is 15.0 Å². The normalized spacial score (nSPS) is 11.0. The molecule has 0 aliphatic heterocycles. The third-order valence-corrected chi connectivity index (χ3v) is 3.89. The first-order chi connectivity index (χ1) is 10.4. The number of hydrogen-bond acceptors (Lipinski definition) is 4. The highest BCUT2D eigenvalue weighted by atomic mass is 32.2. The van der Waals surface area contributed by atoms with Crippen LogP contribution in [-0.2, 0) is 14.8 Å². The smallest absolute Gasteiger partial charge is 0.282 e. The molecule has 2 amide bonds. The van der Waals surface area contributed by atoms with Crippen molar-refractivity contribution in [1.82, 2.24) is 15.2 Å². The number of amides is 2. The highest BCUT2D eigenvalue weighted by molar-refractivity contribution is 7.89. The second kappa shape index (κ2) is 6.41. The monoisotopic (exact) mass is 322 g/mol. The Morgan fingerprint density at radius 1 is 1.09 bits per heavy atom. The Labute approximate surface area is 126 Å². The molecule has 22 heavy (non-hydrogen) atoms. The lowest BCUT2D eigenvalue weighted by molar-refractivity contribution is -0.114. The summed E-state index contributed by atoms with van der Waals surface area (Å²) in [6, 6.07) is 8.64. The van der Waals surface area contributed by atoms with Gasteiger partial charge in [-0.05, 0) is 36.4 Å². The Hall–Kier alpha value is -2.65. The number of H-pyrrole nitrogens is 1. The molecule has 0 spiro atoms. The molecule has 0 atom stereocenters. The summed E-state index contributed by atoms with van der Waals surface area (Å²) in [6.45, 7) is 1.35. The Morgan fingerprint density at radius 3 is 2.32 bits per heavy atom. The standard InChI is InChI=1S/C13H14N4O4S/c1-9(18)15-10-4-6-11(7-5-10)22(20,21)17-16-13(19)12-3-2-8-14-12/h2-8,14,17H,1H3,(H,15,18)(H,16,19). The van der Waals surface area contributed by atoms with Gasteiger partial charge < -0.3 is 10.3 Å². The quantitative estimate of drug-likeness (QED) is 0.602. The maximum atomic E-state index is 12.0. The number of carbonyl (C=O) groups is 2. The highest BCUT2D eigenvalue weighted by Crippen LogP contribution is 2.13. The molecule has 8 nitrogen and oxygen atoms in total. The molecule has 0 aliphatic carbocycles. The zero-order valence-electron chi connectivity index (χ0n) is 11.6. The van der Waals surface area contributed by atoms with Crippen molar-refractivity contribution < 1.29 is 18.0 Å². The predicted octanol–water partition coefficient (Wildman–Crippen LogP) is 0.596. The summed E-state index contributed by atoms with van der Waals surface area (Å²) in [5, 5.41) is 2.52. The van der Waals surface area contributed by atoms with Gasteiger partial charge >= 0.3 is 0 Å². The molecule has 9 heteroatoms. The molecule has 1 aromatic carbocycles. The molecule has 0 saturated carbocycles. The molecule has 2 rings (SSSR count). The van der Waals surface area contributed by atoms with Gasteiger partial charge in [0, 0.05) is 18.8 Å². The second-order valence-corrected chi connectivity index (χ2v) is 6.03. The summed E-state index contributed by atoms with van der Waals surface area (Å²) in [5.74, 6) is -0.865. The van der Waals surface area contributed by atoms with Crippen LogP contribution in [0.4, 0.5) is 5.69 Å². The van der Waals surface area contributed by atoms with Crippen molar-refractivity contribution in [3.63, 3.8) is 0 Å². The van der Waals surface area contributed by atoms with E-state index in [0.717, 1.165) is 0 Å². The van der Waals surface area contributed by atoms with E-state index in [0.29, 0.717) is 5.69 Å². The number of anilines is 1. The third-order valence-electron chi connectivity index (χ3n) is 2.63. The van der Waals surface area contributed by atoms with E-state index in [1.54, 1.807) is 12.3 Å². The summed E-state index contributed by atoms with van der Waals surface area (Å²) < 4.78 is 24.0. The first-order valence-electron chi connectivity index (χ1n) is 6.22. The lowest BCUT2D eigenvalue weighted by Gasteiger charge is -2.08. The van der Waals surface area contributed by atoms with Crippen molar-refractivity contribution in [3.05, 3.63) is 48.3 Å². The summed E-state index contributed by atoms with van der Waals surface area (Å²) in [7, 11) is -3.90. The zero-order valence-corrected chi connectivity index (χ0v) is 12.4. The molecule has 4 N–H and O–H groups in total. The summed E-state index contributed by atoms with van der Waals surface area (Å²) in [6.07, 6.45) is 1.55. The molecule has 0 radical (unpaired) electrons. The van der Waals surface area contributed by atoms with Gasteiger partial charge in [0.1, 0.15) is 5.69 Å². The predicted molar refractivity (Wildman–Crippen MR) is 79.3 cm³/mol. The van der Waals surface area contributed by atoms with Gasteiger partial charge in [-0.25, -0.2) is 8.42 Å². The topological polar surface area (TPSA) is 120 Å². The van der Waals surface area contributed by atoms with Gasteiger partial charge in [-0.2, -0.15) is 0 Å². The minimum atomic E-state index is -3.90. The molecule has 1 aromatic heterocycles. The zero-order chi connectivity index (χ0) is 16.2. The molecular formula is C13H14N4O4S. The molecule has 0 bridgehead atoms. The molecule has 0 aliphatic rings. The number of sulfonamides is 1. The maximum absolute atomic E-state index is 12.0. The summed E-state index contributed by atoms with van der Waals surface area (Å²) >= 11 is 0. The molecule has 2 aromatic rings. The van der Waals surface area contributed by atoms with Crippen LogP contribution in [0.1, 0.15) is 17.4 Å². The van der Waals surface area contributed by atoms with E-state index in [2.05, 4.69) is 15.7 Å². The van der Waals surface area contributed by atoms with Crippen molar-refractivity contribution >= 4 is 27.5 Å². The second-order valence-electron chi connectivity index (χ2n) is 4.35. The minimum Gasteiger partial charge on any atom is -0.357 e. The Balaban J connectivity index is 2.03. The van der Waals surface area contributed by atoms with Crippen LogP contribution in [-0.4, -0.2) is 25.2 Å². The van der Waals surface area contributed by atoms with Gasteiger partial charge in [0.15, 0.2) is 0 Å². The maximum Gasteiger partial charge on any atom is 0.282 e. The van der Waals surface area contributed by atoms with Gasteiger partial charge in [-0.1, -0.05) is 0 Å². The van der Waals surface area contributed by atoms with Gasteiger partial charge in [0.2, 0.25) is 5.91 Å². The van der Waals surface area contributed by atoms with Crippen LogP contribution in [0.15, 0.2) is 47.5 Å². The average Bonchev–Trinajstić information content (AvgIpc) is 2.99. The van der Waals surface area contributed by atoms with Crippen molar-refractivity contribution in [3.8, 4) is 0 Å². The van der Waals surface area contributed by atoms with E-state index in [-0.39, 0.29) is 16.5 Å². The number of nitrogens with one attached hydrogen (secondary N) is 4. The molecule has 0 saturated heterocycles. The lowest BCUT2D eigenvalue weighted by Crippen LogP contribution is -2.41. The SMILES string of the molecule is CC(=O)Nc1ccc(S(=O)(=O)NNC(=O)c2ccc[nH]2)cc1. The van der Waals surface area contributed by atoms with Crippen LogP contribution in [0, 0.1) is 0 Å². The van der Waals surface area contributed by atoms with Crippen molar-refractivity contribution in [2.75, 3.05) is 5.32 Å². The van der Waals surface area contributed by atoms with Crippen LogP contribution >= 0.6 is 0 Å².